The van der Waals surface area contributed by atoms with Crippen LogP contribution < -0.4 is 11.2 Å². The van der Waals surface area contributed by atoms with E-state index >= 15 is 0 Å². The number of hydrogen-bond donors (Lipinski definition) is 1. The molecule has 0 radical (unpaired) electrons. The third-order valence-corrected chi connectivity index (χ3v) is 5.32. The SMILES string of the molecule is CC[C@@H](C)n1c(C)c(C=Nn2c(=O)[nH]c3ccccc3c2=O)c2ccccc21. The lowest BCUT2D eigenvalue weighted by atomic mass is 10.1. The Bertz CT molecular complexity index is 1320. The second-order valence-electron chi connectivity index (χ2n) is 6.98. The van der Waals surface area contributed by atoms with Gasteiger partial charge in [0.2, 0.25) is 0 Å². The minimum atomic E-state index is -0.553. The largest absolute Gasteiger partial charge is 0.349 e. The highest BCUT2D eigenvalue weighted by atomic mass is 16.2. The third kappa shape index (κ3) is 2.78. The molecule has 0 aliphatic rings. The van der Waals surface area contributed by atoms with E-state index in [-0.39, 0.29) is 0 Å². The first-order chi connectivity index (χ1) is 13.5. The van der Waals surface area contributed by atoms with Gasteiger partial charge in [-0.1, -0.05) is 37.3 Å². The normalized spacial score (nSPS) is 13.0. The van der Waals surface area contributed by atoms with Crippen LogP contribution in [0.2, 0.25) is 0 Å². The zero-order chi connectivity index (χ0) is 19.8. The molecule has 2 aromatic heterocycles. The van der Waals surface area contributed by atoms with Crippen molar-refractivity contribution in [3.05, 3.63) is 80.6 Å². The summed E-state index contributed by atoms with van der Waals surface area (Å²) in [6, 6.07) is 15.4. The summed E-state index contributed by atoms with van der Waals surface area (Å²) in [7, 11) is 0. The fourth-order valence-corrected chi connectivity index (χ4v) is 3.70. The van der Waals surface area contributed by atoms with Crippen LogP contribution in [0.25, 0.3) is 21.8 Å². The van der Waals surface area contributed by atoms with E-state index in [1.54, 1.807) is 30.5 Å². The number of nitrogens with zero attached hydrogens (tertiary/aromatic N) is 3. The molecule has 0 aliphatic carbocycles. The van der Waals surface area contributed by atoms with E-state index in [1.807, 2.05) is 25.1 Å². The highest BCUT2D eigenvalue weighted by molar-refractivity contribution is 6.01. The van der Waals surface area contributed by atoms with Crippen LogP contribution in [0.5, 0.6) is 0 Å². The summed E-state index contributed by atoms with van der Waals surface area (Å²) >= 11 is 0. The molecular formula is C22H22N4O2. The van der Waals surface area contributed by atoms with E-state index < -0.39 is 11.2 Å². The van der Waals surface area contributed by atoms with Gasteiger partial charge in [0.1, 0.15) is 0 Å². The van der Waals surface area contributed by atoms with Gasteiger partial charge in [0.15, 0.2) is 0 Å². The number of H-pyrrole nitrogens is 1. The maximum absolute atomic E-state index is 12.7. The summed E-state index contributed by atoms with van der Waals surface area (Å²) in [5.41, 5.74) is 2.62. The first-order valence-electron chi connectivity index (χ1n) is 9.41. The lowest BCUT2D eigenvalue weighted by Crippen LogP contribution is -2.32. The number of nitrogens with one attached hydrogen (secondary N) is 1. The van der Waals surface area contributed by atoms with Gasteiger partial charge in [-0.25, -0.2) is 4.79 Å². The topological polar surface area (TPSA) is 72.2 Å². The second-order valence-corrected chi connectivity index (χ2v) is 6.98. The van der Waals surface area contributed by atoms with Crippen molar-refractivity contribution in [2.75, 3.05) is 0 Å². The van der Waals surface area contributed by atoms with E-state index in [2.05, 4.69) is 34.6 Å². The van der Waals surface area contributed by atoms with Crippen LogP contribution in [-0.2, 0) is 0 Å². The average Bonchev–Trinajstić information content (AvgIpc) is 2.99. The molecule has 0 unspecified atom stereocenters. The predicted molar refractivity (Wildman–Crippen MR) is 113 cm³/mol. The summed E-state index contributed by atoms with van der Waals surface area (Å²) in [5, 5.41) is 5.74. The van der Waals surface area contributed by atoms with Crippen molar-refractivity contribution >= 4 is 28.0 Å². The second kappa shape index (κ2) is 6.96. The van der Waals surface area contributed by atoms with Crippen molar-refractivity contribution in [3.8, 4) is 0 Å². The molecule has 4 aromatic rings. The third-order valence-electron chi connectivity index (χ3n) is 5.32. The Balaban J connectivity index is 1.91. The number of para-hydroxylation sites is 2. The number of hydrogen-bond acceptors (Lipinski definition) is 3. The van der Waals surface area contributed by atoms with Gasteiger partial charge in [-0.05, 0) is 38.5 Å². The molecule has 2 heterocycles. The molecule has 0 saturated carbocycles. The molecule has 1 atom stereocenters. The lowest BCUT2D eigenvalue weighted by molar-refractivity contribution is 0.537. The molecule has 6 nitrogen and oxygen atoms in total. The van der Waals surface area contributed by atoms with E-state index in [1.165, 1.54) is 0 Å². The van der Waals surface area contributed by atoms with Crippen LogP contribution >= 0.6 is 0 Å². The molecule has 6 heteroatoms. The van der Waals surface area contributed by atoms with Gasteiger partial charge in [-0.15, -0.1) is 4.68 Å². The van der Waals surface area contributed by atoms with Crippen molar-refractivity contribution in [3.63, 3.8) is 0 Å². The summed E-state index contributed by atoms with van der Waals surface area (Å²) in [6.07, 6.45) is 2.61. The Hall–Kier alpha value is -3.41. The molecule has 0 fully saturated rings. The monoisotopic (exact) mass is 374 g/mol. The molecule has 2 aromatic carbocycles. The Labute approximate surface area is 161 Å². The lowest BCUT2D eigenvalue weighted by Gasteiger charge is -2.15. The van der Waals surface area contributed by atoms with E-state index in [9.17, 15) is 9.59 Å². The number of aromatic nitrogens is 3. The van der Waals surface area contributed by atoms with Gasteiger partial charge in [0, 0.05) is 28.2 Å². The van der Waals surface area contributed by atoms with Crippen molar-refractivity contribution in [2.45, 2.75) is 33.2 Å². The maximum Gasteiger partial charge on any atom is 0.349 e. The van der Waals surface area contributed by atoms with Crippen molar-refractivity contribution in [2.24, 2.45) is 5.10 Å². The Morgan fingerprint density at radius 2 is 1.75 bits per heavy atom. The van der Waals surface area contributed by atoms with E-state index in [0.29, 0.717) is 16.9 Å². The van der Waals surface area contributed by atoms with Gasteiger partial charge in [-0.3, -0.25) is 4.79 Å². The predicted octanol–water partition coefficient (Wildman–Crippen LogP) is 3.81. The fourth-order valence-electron chi connectivity index (χ4n) is 3.70. The van der Waals surface area contributed by atoms with E-state index in [0.717, 1.165) is 33.3 Å². The van der Waals surface area contributed by atoms with Crippen molar-refractivity contribution in [1.82, 2.24) is 14.2 Å². The number of fused-ring (bicyclic) bond motifs is 2. The zero-order valence-corrected chi connectivity index (χ0v) is 16.1. The van der Waals surface area contributed by atoms with Gasteiger partial charge < -0.3 is 9.55 Å². The molecule has 142 valence electrons. The molecule has 1 N–H and O–H groups in total. The summed E-state index contributed by atoms with van der Waals surface area (Å²) in [4.78, 5) is 27.8. The van der Waals surface area contributed by atoms with Crippen LogP contribution in [0.1, 0.15) is 37.6 Å². The Morgan fingerprint density at radius 3 is 2.50 bits per heavy atom. The summed E-state index contributed by atoms with van der Waals surface area (Å²) in [6.45, 7) is 6.38. The first kappa shape index (κ1) is 18.0. The Kier molecular flexibility index (Phi) is 4.47. The van der Waals surface area contributed by atoms with Crippen molar-refractivity contribution < 1.29 is 0 Å². The molecule has 4 rings (SSSR count). The molecule has 0 aliphatic heterocycles. The molecule has 0 saturated heterocycles. The van der Waals surface area contributed by atoms with Crippen LogP contribution in [-0.4, -0.2) is 20.4 Å². The molecule has 28 heavy (non-hydrogen) atoms. The summed E-state index contributed by atoms with van der Waals surface area (Å²) < 4.78 is 3.17. The van der Waals surface area contributed by atoms with Crippen LogP contribution in [0.15, 0.2) is 63.2 Å². The highest BCUT2D eigenvalue weighted by Gasteiger charge is 2.16. The van der Waals surface area contributed by atoms with Crippen LogP contribution in [0, 0.1) is 6.92 Å². The van der Waals surface area contributed by atoms with Gasteiger partial charge >= 0.3 is 5.69 Å². The average molecular weight is 374 g/mol. The fraction of sp³-hybridized carbons (Fsp3) is 0.227. The van der Waals surface area contributed by atoms with Crippen LogP contribution in [0.3, 0.4) is 0 Å². The highest BCUT2D eigenvalue weighted by Crippen LogP contribution is 2.29. The smallest absolute Gasteiger partial charge is 0.341 e. The van der Waals surface area contributed by atoms with Gasteiger partial charge in [0.05, 0.1) is 17.1 Å². The van der Waals surface area contributed by atoms with Gasteiger partial charge in [0.25, 0.3) is 5.56 Å². The van der Waals surface area contributed by atoms with Crippen LogP contribution in [0.4, 0.5) is 0 Å². The minimum Gasteiger partial charge on any atom is -0.341 e. The number of aromatic amines is 1. The molecular weight excluding hydrogens is 352 g/mol. The number of rotatable bonds is 4. The molecule has 0 bridgehead atoms. The number of benzene rings is 2. The van der Waals surface area contributed by atoms with Gasteiger partial charge in [-0.2, -0.15) is 5.10 Å². The van der Waals surface area contributed by atoms with Crippen molar-refractivity contribution in [1.29, 1.82) is 0 Å². The van der Waals surface area contributed by atoms with E-state index in [4.69, 9.17) is 0 Å². The minimum absolute atomic E-state index is 0.332. The maximum atomic E-state index is 12.7. The summed E-state index contributed by atoms with van der Waals surface area (Å²) in [5.74, 6) is 0. The standard InChI is InChI=1S/C22H22N4O2/c1-4-14(2)25-15(3)18(16-9-6-8-12-20(16)25)13-23-26-21(27)17-10-5-7-11-19(17)24-22(26)28/h5-14H,4H2,1-3H3,(H,24,28)/t14-/m1/s1. The first-order valence-corrected chi connectivity index (χ1v) is 9.41. The quantitative estimate of drug-likeness (QED) is 0.552. The molecule has 0 spiro atoms. The Morgan fingerprint density at radius 1 is 1.07 bits per heavy atom. The zero-order valence-electron chi connectivity index (χ0n) is 16.1. The molecule has 0 amide bonds.